The second-order valence-corrected chi connectivity index (χ2v) is 4.60. The molecule has 1 N–H and O–H groups in total. The third-order valence-electron chi connectivity index (χ3n) is 2.70. The Kier molecular flexibility index (Phi) is 4.59. The first-order valence-electron chi connectivity index (χ1n) is 6.26. The van der Waals surface area contributed by atoms with Crippen LogP contribution in [0.4, 0.5) is 0 Å². The number of aliphatic hydroxyl groups is 1. The van der Waals surface area contributed by atoms with Crippen molar-refractivity contribution in [1.29, 1.82) is 0 Å². The molecule has 0 aliphatic heterocycles. The van der Waals surface area contributed by atoms with Crippen LogP contribution in [0.25, 0.3) is 11.5 Å². The Labute approximate surface area is 112 Å². The summed E-state index contributed by atoms with van der Waals surface area (Å²) in [6.45, 7) is 3.12. The van der Waals surface area contributed by atoms with Crippen molar-refractivity contribution in [2.75, 3.05) is 13.6 Å². The van der Waals surface area contributed by atoms with Gasteiger partial charge in [-0.1, -0.05) is 11.2 Å². The van der Waals surface area contributed by atoms with Crippen LogP contribution in [-0.4, -0.2) is 44.8 Å². The fraction of sp³-hybridized carbons (Fsp3) is 0.462. The van der Waals surface area contributed by atoms with Crippen LogP contribution in [0, 0.1) is 0 Å². The molecular formula is C13H18N4O2. The van der Waals surface area contributed by atoms with Crippen molar-refractivity contribution >= 4 is 0 Å². The number of hydrogen-bond donors (Lipinski definition) is 1. The Morgan fingerprint density at radius 2 is 2.26 bits per heavy atom. The zero-order valence-corrected chi connectivity index (χ0v) is 11.2. The lowest BCUT2D eigenvalue weighted by atomic mass is 10.3. The quantitative estimate of drug-likeness (QED) is 0.846. The van der Waals surface area contributed by atoms with E-state index in [9.17, 15) is 5.11 Å². The van der Waals surface area contributed by atoms with Crippen LogP contribution in [0.5, 0.6) is 0 Å². The molecule has 0 radical (unpaired) electrons. The van der Waals surface area contributed by atoms with Crippen LogP contribution in [0.2, 0.25) is 0 Å². The molecule has 6 nitrogen and oxygen atoms in total. The van der Waals surface area contributed by atoms with Gasteiger partial charge in [0.1, 0.15) is 5.69 Å². The van der Waals surface area contributed by atoms with Crippen LogP contribution >= 0.6 is 0 Å². The number of hydrogen-bond acceptors (Lipinski definition) is 6. The van der Waals surface area contributed by atoms with Gasteiger partial charge in [-0.2, -0.15) is 4.98 Å². The second-order valence-electron chi connectivity index (χ2n) is 4.60. The molecule has 2 aromatic rings. The van der Waals surface area contributed by atoms with E-state index in [-0.39, 0.29) is 6.10 Å². The maximum atomic E-state index is 9.23. The number of rotatable bonds is 6. The van der Waals surface area contributed by atoms with Gasteiger partial charge >= 0.3 is 0 Å². The monoisotopic (exact) mass is 262 g/mol. The Morgan fingerprint density at radius 3 is 2.95 bits per heavy atom. The zero-order chi connectivity index (χ0) is 13.7. The van der Waals surface area contributed by atoms with E-state index in [2.05, 4.69) is 15.1 Å². The Bertz CT molecular complexity index is 498. The summed E-state index contributed by atoms with van der Waals surface area (Å²) in [6.07, 6.45) is 2.12. The molecule has 0 spiro atoms. The maximum Gasteiger partial charge on any atom is 0.241 e. The molecule has 2 aromatic heterocycles. The predicted molar refractivity (Wildman–Crippen MR) is 70.2 cm³/mol. The average molecular weight is 262 g/mol. The van der Waals surface area contributed by atoms with Gasteiger partial charge in [0.25, 0.3) is 0 Å². The Morgan fingerprint density at radius 1 is 1.42 bits per heavy atom. The molecule has 0 aliphatic carbocycles. The summed E-state index contributed by atoms with van der Waals surface area (Å²) in [5, 5.41) is 13.1. The summed E-state index contributed by atoms with van der Waals surface area (Å²) in [4.78, 5) is 10.5. The molecule has 1 unspecified atom stereocenters. The molecule has 1 atom stereocenters. The number of aliphatic hydroxyl groups excluding tert-OH is 1. The smallest absolute Gasteiger partial charge is 0.241 e. The van der Waals surface area contributed by atoms with Crippen molar-refractivity contribution in [3.8, 4) is 11.5 Å². The van der Waals surface area contributed by atoms with E-state index >= 15 is 0 Å². The molecule has 0 saturated carbocycles. The first-order valence-corrected chi connectivity index (χ1v) is 6.26. The first kappa shape index (κ1) is 13.6. The Hall–Kier alpha value is -1.79. The van der Waals surface area contributed by atoms with E-state index in [1.54, 1.807) is 13.1 Å². The van der Waals surface area contributed by atoms with E-state index in [0.29, 0.717) is 24.0 Å². The van der Waals surface area contributed by atoms with Gasteiger partial charge in [0.2, 0.25) is 11.7 Å². The molecule has 0 amide bonds. The van der Waals surface area contributed by atoms with E-state index in [1.165, 1.54) is 0 Å². The average Bonchev–Trinajstić information content (AvgIpc) is 2.86. The highest BCUT2D eigenvalue weighted by Crippen LogP contribution is 2.12. The number of nitrogens with zero attached hydrogens (tertiary/aromatic N) is 4. The fourth-order valence-corrected chi connectivity index (χ4v) is 1.64. The maximum absolute atomic E-state index is 9.23. The molecule has 0 saturated heterocycles. The summed E-state index contributed by atoms with van der Waals surface area (Å²) in [6, 6.07) is 5.56. The van der Waals surface area contributed by atoms with Gasteiger partial charge in [0, 0.05) is 12.7 Å². The van der Waals surface area contributed by atoms with Gasteiger partial charge in [-0.05, 0) is 32.5 Å². The highest BCUT2D eigenvalue weighted by molar-refractivity contribution is 5.46. The first-order chi connectivity index (χ1) is 9.15. The van der Waals surface area contributed by atoms with E-state index in [4.69, 9.17) is 4.52 Å². The highest BCUT2D eigenvalue weighted by atomic mass is 16.5. The van der Waals surface area contributed by atoms with Crippen molar-refractivity contribution in [3.63, 3.8) is 0 Å². The minimum Gasteiger partial charge on any atom is -0.393 e. The Balaban J connectivity index is 1.94. The molecule has 0 aliphatic rings. The van der Waals surface area contributed by atoms with Gasteiger partial charge in [-0.3, -0.25) is 9.88 Å². The lowest BCUT2D eigenvalue weighted by Crippen LogP contribution is -2.22. The van der Waals surface area contributed by atoms with Gasteiger partial charge in [-0.15, -0.1) is 0 Å². The molecular weight excluding hydrogens is 244 g/mol. The standard InChI is InChI=1S/C13H18N4O2/c1-10(18)6-8-17(2)9-12-15-13(16-19-12)11-5-3-4-7-14-11/h3-5,7,10,18H,6,8-9H2,1-2H3. The van der Waals surface area contributed by atoms with Crippen LogP contribution in [0.15, 0.2) is 28.9 Å². The van der Waals surface area contributed by atoms with Crippen LogP contribution in [-0.2, 0) is 6.54 Å². The summed E-state index contributed by atoms with van der Waals surface area (Å²) in [5.74, 6) is 1.05. The predicted octanol–water partition coefficient (Wildman–Crippen LogP) is 1.33. The highest BCUT2D eigenvalue weighted by Gasteiger charge is 2.11. The van der Waals surface area contributed by atoms with Crippen molar-refractivity contribution in [2.45, 2.75) is 26.0 Å². The van der Waals surface area contributed by atoms with Crippen LogP contribution in [0.3, 0.4) is 0 Å². The van der Waals surface area contributed by atoms with Crippen molar-refractivity contribution in [3.05, 3.63) is 30.3 Å². The molecule has 2 heterocycles. The second kappa shape index (κ2) is 6.40. The molecule has 6 heteroatoms. The van der Waals surface area contributed by atoms with Crippen LogP contribution < -0.4 is 0 Å². The number of pyridine rings is 1. The molecule has 102 valence electrons. The molecule has 19 heavy (non-hydrogen) atoms. The van der Waals surface area contributed by atoms with Crippen LogP contribution in [0.1, 0.15) is 19.2 Å². The minimum absolute atomic E-state index is 0.297. The zero-order valence-electron chi connectivity index (χ0n) is 11.2. The number of aromatic nitrogens is 3. The normalized spacial score (nSPS) is 12.8. The van der Waals surface area contributed by atoms with Gasteiger partial charge in [-0.25, -0.2) is 0 Å². The summed E-state index contributed by atoms with van der Waals surface area (Å²) < 4.78 is 5.19. The van der Waals surface area contributed by atoms with Gasteiger partial charge in [0.15, 0.2) is 0 Å². The van der Waals surface area contributed by atoms with E-state index in [1.807, 2.05) is 30.1 Å². The van der Waals surface area contributed by atoms with Crippen molar-refractivity contribution in [1.82, 2.24) is 20.0 Å². The molecule has 2 rings (SSSR count). The van der Waals surface area contributed by atoms with Crippen molar-refractivity contribution in [2.24, 2.45) is 0 Å². The summed E-state index contributed by atoms with van der Waals surface area (Å²) in [5.41, 5.74) is 0.698. The van der Waals surface area contributed by atoms with E-state index in [0.717, 1.165) is 13.0 Å². The molecule has 0 aromatic carbocycles. The topological polar surface area (TPSA) is 75.3 Å². The lowest BCUT2D eigenvalue weighted by molar-refractivity contribution is 0.158. The van der Waals surface area contributed by atoms with Gasteiger partial charge in [0.05, 0.1) is 12.6 Å². The summed E-state index contributed by atoms with van der Waals surface area (Å²) >= 11 is 0. The van der Waals surface area contributed by atoms with Crippen molar-refractivity contribution < 1.29 is 9.63 Å². The lowest BCUT2D eigenvalue weighted by Gasteiger charge is -2.14. The third kappa shape index (κ3) is 4.11. The summed E-state index contributed by atoms with van der Waals surface area (Å²) in [7, 11) is 1.95. The van der Waals surface area contributed by atoms with E-state index < -0.39 is 0 Å². The fourth-order valence-electron chi connectivity index (χ4n) is 1.64. The SMILES string of the molecule is CC(O)CCN(C)Cc1nc(-c2ccccn2)no1. The minimum atomic E-state index is -0.297. The third-order valence-corrected chi connectivity index (χ3v) is 2.70. The largest absolute Gasteiger partial charge is 0.393 e. The molecule has 0 fully saturated rings. The van der Waals surface area contributed by atoms with Gasteiger partial charge < -0.3 is 9.63 Å². The molecule has 0 bridgehead atoms.